The highest BCUT2D eigenvalue weighted by atomic mass is 35.5. The van der Waals surface area contributed by atoms with Crippen LogP contribution < -0.4 is 5.73 Å². The molecule has 2 aromatic heterocycles. The fraction of sp³-hybridized carbons (Fsp3) is 0.200. The molecule has 4 nitrogen and oxygen atoms in total. The molecule has 0 aliphatic carbocycles. The van der Waals surface area contributed by atoms with E-state index in [1.165, 1.54) is 12.1 Å². The lowest BCUT2D eigenvalue weighted by Gasteiger charge is -2.09. The van der Waals surface area contributed by atoms with Crippen LogP contribution in [0.15, 0.2) is 18.2 Å². The van der Waals surface area contributed by atoms with E-state index >= 15 is 0 Å². The molecule has 0 amide bonds. The minimum absolute atomic E-state index is 0.336. The van der Waals surface area contributed by atoms with E-state index in [0.29, 0.717) is 28.0 Å². The first-order valence-electron chi connectivity index (χ1n) is 6.46. The Labute approximate surface area is 126 Å². The fourth-order valence-corrected chi connectivity index (χ4v) is 2.81. The van der Waals surface area contributed by atoms with E-state index in [1.807, 2.05) is 18.4 Å². The second kappa shape index (κ2) is 4.70. The standard InChI is InChI=1S/C15H14ClFN4/c1-7-8(2)21(12-5-10(16)4-11(17)6-12)15-13(7)14(18)19-9(3)20-15/h4-6H,1-3H3,(H2,18,19,20). The van der Waals surface area contributed by atoms with Gasteiger partial charge in [-0.1, -0.05) is 11.6 Å². The predicted octanol–water partition coefficient (Wildman–Crippen LogP) is 3.72. The minimum atomic E-state index is -0.393. The van der Waals surface area contributed by atoms with Gasteiger partial charge in [0.25, 0.3) is 0 Å². The molecular weight excluding hydrogens is 291 g/mol. The molecule has 2 N–H and O–H groups in total. The van der Waals surface area contributed by atoms with Gasteiger partial charge in [0, 0.05) is 10.7 Å². The van der Waals surface area contributed by atoms with Crippen LogP contribution in [0.25, 0.3) is 16.7 Å². The maximum absolute atomic E-state index is 13.7. The predicted molar refractivity (Wildman–Crippen MR) is 82.5 cm³/mol. The molecule has 21 heavy (non-hydrogen) atoms. The van der Waals surface area contributed by atoms with Gasteiger partial charge in [-0.05, 0) is 44.5 Å². The van der Waals surface area contributed by atoms with Crippen molar-refractivity contribution >= 4 is 28.5 Å². The van der Waals surface area contributed by atoms with Crippen LogP contribution in [0.4, 0.5) is 10.2 Å². The van der Waals surface area contributed by atoms with Gasteiger partial charge in [-0.15, -0.1) is 0 Å². The first kappa shape index (κ1) is 13.8. The van der Waals surface area contributed by atoms with Crippen molar-refractivity contribution in [3.63, 3.8) is 0 Å². The number of aryl methyl sites for hydroxylation is 2. The van der Waals surface area contributed by atoms with Gasteiger partial charge in [-0.2, -0.15) is 0 Å². The monoisotopic (exact) mass is 304 g/mol. The molecule has 0 saturated heterocycles. The molecule has 1 aromatic carbocycles. The lowest BCUT2D eigenvalue weighted by atomic mass is 10.2. The molecule has 2 heterocycles. The number of nitrogens with two attached hydrogens (primary N) is 1. The summed E-state index contributed by atoms with van der Waals surface area (Å²) in [4.78, 5) is 8.66. The number of rotatable bonds is 1. The number of fused-ring (bicyclic) bond motifs is 1. The van der Waals surface area contributed by atoms with E-state index in [4.69, 9.17) is 17.3 Å². The van der Waals surface area contributed by atoms with Gasteiger partial charge in [0.1, 0.15) is 17.5 Å². The highest BCUT2D eigenvalue weighted by Gasteiger charge is 2.18. The first-order valence-corrected chi connectivity index (χ1v) is 6.84. The van der Waals surface area contributed by atoms with Crippen molar-refractivity contribution in [1.29, 1.82) is 0 Å². The molecule has 0 fully saturated rings. The third-order valence-corrected chi connectivity index (χ3v) is 3.82. The Morgan fingerprint density at radius 3 is 2.52 bits per heavy atom. The number of hydrogen-bond acceptors (Lipinski definition) is 3. The van der Waals surface area contributed by atoms with Crippen LogP contribution in [0, 0.1) is 26.6 Å². The smallest absolute Gasteiger partial charge is 0.150 e. The van der Waals surface area contributed by atoms with E-state index in [9.17, 15) is 4.39 Å². The van der Waals surface area contributed by atoms with Crippen LogP contribution in [0.2, 0.25) is 5.02 Å². The van der Waals surface area contributed by atoms with E-state index < -0.39 is 5.82 Å². The number of hydrogen-bond donors (Lipinski definition) is 1. The normalized spacial score (nSPS) is 11.3. The zero-order valence-corrected chi connectivity index (χ0v) is 12.7. The fourth-order valence-electron chi connectivity index (χ4n) is 2.59. The Kier molecular flexibility index (Phi) is 3.10. The van der Waals surface area contributed by atoms with Gasteiger partial charge in [0.05, 0.1) is 11.1 Å². The van der Waals surface area contributed by atoms with E-state index in [0.717, 1.165) is 16.6 Å². The molecule has 108 valence electrons. The van der Waals surface area contributed by atoms with Crippen molar-refractivity contribution in [2.75, 3.05) is 5.73 Å². The second-order valence-corrected chi connectivity index (χ2v) is 5.46. The minimum Gasteiger partial charge on any atom is -0.383 e. The average Bonchev–Trinajstić information content (AvgIpc) is 2.60. The third-order valence-electron chi connectivity index (χ3n) is 3.60. The Bertz CT molecular complexity index is 850. The molecule has 0 aliphatic heterocycles. The maximum Gasteiger partial charge on any atom is 0.150 e. The lowest BCUT2D eigenvalue weighted by molar-refractivity contribution is 0.626. The average molecular weight is 305 g/mol. The molecule has 3 aromatic rings. The lowest BCUT2D eigenvalue weighted by Crippen LogP contribution is -2.02. The second-order valence-electron chi connectivity index (χ2n) is 5.03. The summed E-state index contributed by atoms with van der Waals surface area (Å²) in [7, 11) is 0. The van der Waals surface area contributed by atoms with E-state index in [-0.39, 0.29) is 0 Å². The number of halogens is 2. The van der Waals surface area contributed by atoms with Crippen LogP contribution in [-0.2, 0) is 0 Å². The number of anilines is 1. The van der Waals surface area contributed by atoms with Crippen molar-refractivity contribution in [1.82, 2.24) is 14.5 Å². The number of benzene rings is 1. The maximum atomic E-state index is 13.7. The summed E-state index contributed by atoms with van der Waals surface area (Å²) in [5.41, 5.74) is 9.20. The van der Waals surface area contributed by atoms with Crippen molar-refractivity contribution in [3.05, 3.63) is 46.1 Å². The molecule has 0 saturated carbocycles. The molecule has 6 heteroatoms. The summed E-state index contributed by atoms with van der Waals surface area (Å²) in [5, 5.41) is 1.13. The highest BCUT2D eigenvalue weighted by Crippen LogP contribution is 2.31. The highest BCUT2D eigenvalue weighted by molar-refractivity contribution is 6.30. The van der Waals surface area contributed by atoms with Crippen LogP contribution in [0.5, 0.6) is 0 Å². The van der Waals surface area contributed by atoms with Gasteiger partial charge < -0.3 is 5.73 Å². The van der Waals surface area contributed by atoms with Crippen molar-refractivity contribution in [2.45, 2.75) is 20.8 Å². The largest absolute Gasteiger partial charge is 0.383 e. The van der Waals surface area contributed by atoms with Crippen LogP contribution in [0.1, 0.15) is 17.1 Å². The van der Waals surface area contributed by atoms with Gasteiger partial charge in [0.15, 0.2) is 5.65 Å². The Balaban J connectivity index is 2.45. The molecule has 3 rings (SSSR count). The summed E-state index contributed by atoms with van der Waals surface area (Å²) >= 11 is 5.96. The summed E-state index contributed by atoms with van der Waals surface area (Å²) in [5.74, 6) is 0.607. The molecule has 0 unspecified atom stereocenters. The van der Waals surface area contributed by atoms with Gasteiger partial charge in [-0.3, -0.25) is 4.57 Å². The molecule has 0 spiro atoms. The molecule has 0 atom stereocenters. The van der Waals surface area contributed by atoms with Crippen molar-refractivity contribution in [2.24, 2.45) is 0 Å². The number of nitrogen functional groups attached to an aromatic ring is 1. The van der Waals surface area contributed by atoms with Crippen LogP contribution in [-0.4, -0.2) is 14.5 Å². The van der Waals surface area contributed by atoms with E-state index in [2.05, 4.69) is 9.97 Å². The van der Waals surface area contributed by atoms with Gasteiger partial charge >= 0.3 is 0 Å². The first-order chi connectivity index (χ1) is 9.88. The van der Waals surface area contributed by atoms with E-state index in [1.54, 1.807) is 13.0 Å². The van der Waals surface area contributed by atoms with Crippen molar-refractivity contribution < 1.29 is 4.39 Å². The molecule has 0 aliphatic rings. The molecular formula is C15H14ClFN4. The Hall–Kier alpha value is -2.14. The summed E-state index contributed by atoms with van der Waals surface area (Å²) in [6.07, 6.45) is 0. The summed E-state index contributed by atoms with van der Waals surface area (Å²) in [6.45, 7) is 5.66. The van der Waals surface area contributed by atoms with Gasteiger partial charge in [0.2, 0.25) is 0 Å². The zero-order valence-electron chi connectivity index (χ0n) is 11.9. The molecule has 0 bridgehead atoms. The summed E-state index contributed by atoms with van der Waals surface area (Å²) < 4.78 is 15.5. The zero-order chi connectivity index (χ0) is 15.3. The Morgan fingerprint density at radius 2 is 1.86 bits per heavy atom. The number of nitrogens with zero attached hydrogens (tertiary/aromatic N) is 3. The molecule has 0 radical (unpaired) electrons. The van der Waals surface area contributed by atoms with Crippen molar-refractivity contribution in [3.8, 4) is 5.69 Å². The topological polar surface area (TPSA) is 56.7 Å². The summed E-state index contributed by atoms with van der Waals surface area (Å²) in [6, 6.07) is 4.39. The Morgan fingerprint density at radius 1 is 1.14 bits per heavy atom. The van der Waals surface area contributed by atoms with Crippen LogP contribution >= 0.6 is 11.6 Å². The quantitative estimate of drug-likeness (QED) is 0.745. The van der Waals surface area contributed by atoms with Crippen LogP contribution in [0.3, 0.4) is 0 Å². The SMILES string of the molecule is Cc1nc(N)c2c(C)c(C)n(-c3cc(F)cc(Cl)c3)c2n1. The number of aromatic nitrogens is 3. The van der Waals surface area contributed by atoms with Gasteiger partial charge in [-0.25, -0.2) is 14.4 Å². The third kappa shape index (κ3) is 2.14.